The smallest absolute Gasteiger partial charge is 0.150 e. The van der Waals surface area contributed by atoms with Crippen molar-refractivity contribution in [1.29, 1.82) is 0 Å². The molecule has 1 aliphatic heterocycles. The highest BCUT2D eigenvalue weighted by Gasteiger charge is 2.20. The molecule has 0 N–H and O–H groups in total. The number of fused-ring (bicyclic) bond motifs is 1. The van der Waals surface area contributed by atoms with Crippen LogP contribution in [0.2, 0.25) is 0 Å². The molecular formula is C14H17BrN2O. The minimum absolute atomic E-state index is 0.101. The lowest BCUT2D eigenvalue weighted by Gasteiger charge is -2.23. The van der Waals surface area contributed by atoms with E-state index in [4.69, 9.17) is 4.74 Å². The summed E-state index contributed by atoms with van der Waals surface area (Å²) in [4.78, 5) is 0. The molecule has 96 valence electrons. The first-order chi connectivity index (χ1) is 8.66. The summed E-state index contributed by atoms with van der Waals surface area (Å²) < 4.78 is 9.01. The molecule has 4 heteroatoms. The van der Waals surface area contributed by atoms with Crippen LogP contribution in [0.5, 0.6) is 0 Å². The third-order valence-corrected chi connectivity index (χ3v) is 4.03. The largest absolute Gasteiger partial charge is 0.356 e. The zero-order chi connectivity index (χ0) is 12.7. The zero-order valence-corrected chi connectivity index (χ0v) is 12.3. The maximum Gasteiger partial charge on any atom is 0.150 e. The van der Waals surface area contributed by atoms with E-state index in [1.165, 1.54) is 22.9 Å². The molecule has 1 aromatic carbocycles. The van der Waals surface area contributed by atoms with Crippen LogP contribution in [0, 0.1) is 13.8 Å². The van der Waals surface area contributed by atoms with Gasteiger partial charge in [0.2, 0.25) is 0 Å². The van der Waals surface area contributed by atoms with Crippen LogP contribution in [0.25, 0.3) is 10.9 Å². The van der Waals surface area contributed by atoms with Gasteiger partial charge < -0.3 is 4.74 Å². The number of ether oxygens (including phenoxy) is 1. The standard InChI is InChI=1S/C14H17BrN2O/c1-9-7-11(15)8-12-14(9)10(2)16-17(12)13-5-3-4-6-18-13/h7-8,13H,3-6H2,1-2H3. The number of benzene rings is 1. The van der Waals surface area contributed by atoms with Crippen molar-refractivity contribution >= 4 is 26.8 Å². The summed E-state index contributed by atoms with van der Waals surface area (Å²) in [5, 5.41) is 5.94. The van der Waals surface area contributed by atoms with Crippen molar-refractivity contribution in [3.05, 3.63) is 27.9 Å². The van der Waals surface area contributed by atoms with Gasteiger partial charge in [-0.15, -0.1) is 0 Å². The molecule has 18 heavy (non-hydrogen) atoms. The van der Waals surface area contributed by atoms with E-state index in [1.54, 1.807) is 0 Å². The Hall–Kier alpha value is -0.870. The minimum atomic E-state index is 0.101. The summed E-state index contributed by atoms with van der Waals surface area (Å²) in [6.07, 6.45) is 3.54. The van der Waals surface area contributed by atoms with Crippen molar-refractivity contribution < 1.29 is 4.74 Å². The molecule has 0 spiro atoms. The van der Waals surface area contributed by atoms with Gasteiger partial charge in [-0.1, -0.05) is 15.9 Å². The van der Waals surface area contributed by atoms with Gasteiger partial charge in [0.05, 0.1) is 11.2 Å². The molecule has 0 saturated carbocycles. The molecule has 0 amide bonds. The highest BCUT2D eigenvalue weighted by Crippen LogP contribution is 2.31. The number of aryl methyl sites for hydroxylation is 2. The van der Waals surface area contributed by atoms with Gasteiger partial charge in [0, 0.05) is 16.5 Å². The Morgan fingerprint density at radius 1 is 1.33 bits per heavy atom. The predicted octanol–water partition coefficient (Wildman–Crippen LogP) is 4.11. The SMILES string of the molecule is Cc1cc(Br)cc2c1c(C)nn2C1CCCCO1. The van der Waals surface area contributed by atoms with E-state index in [9.17, 15) is 0 Å². The van der Waals surface area contributed by atoms with Crippen molar-refractivity contribution in [2.75, 3.05) is 6.61 Å². The first-order valence-electron chi connectivity index (χ1n) is 6.43. The van der Waals surface area contributed by atoms with E-state index in [-0.39, 0.29) is 6.23 Å². The Labute approximate surface area is 115 Å². The molecule has 2 aromatic rings. The fourth-order valence-electron chi connectivity index (χ4n) is 2.78. The van der Waals surface area contributed by atoms with Crippen molar-refractivity contribution in [1.82, 2.24) is 9.78 Å². The number of nitrogens with zero attached hydrogens (tertiary/aromatic N) is 2. The van der Waals surface area contributed by atoms with Gasteiger partial charge in [0.1, 0.15) is 0 Å². The van der Waals surface area contributed by atoms with Gasteiger partial charge in [-0.25, -0.2) is 4.68 Å². The van der Waals surface area contributed by atoms with Crippen LogP contribution in [0.4, 0.5) is 0 Å². The van der Waals surface area contributed by atoms with E-state index < -0.39 is 0 Å². The molecule has 0 bridgehead atoms. The lowest BCUT2D eigenvalue weighted by molar-refractivity contribution is -0.0368. The second-order valence-corrected chi connectivity index (χ2v) is 5.88. The molecule has 3 nitrogen and oxygen atoms in total. The Kier molecular flexibility index (Phi) is 3.16. The number of halogens is 1. The zero-order valence-electron chi connectivity index (χ0n) is 10.7. The van der Waals surface area contributed by atoms with Crippen molar-refractivity contribution in [3.63, 3.8) is 0 Å². The van der Waals surface area contributed by atoms with Gasteiger partial charge in [-0.2, -0.15) is 5.10 Å². The average molecular weight is 309 g/mol. The van der Waals surface area contributed by atoms with Gasteiger partial charge in [-0.3, -0.25) is 0 Å². The lowest BCUT2D eigenvalue weighted by atomic mass is 10.1. The molecule has 1 fully saturated rings. The van der Waals surface area contributed by atoms with E-state index in [2.05, 4.69) is 51.7 Å². The maximum absolute atomic E-state index is 5.85. The van der Waals surface area contributed by atoms with E-state index in [1.807, 2.05) is 0 Å². The monoisotopic (exact) mass is 308 g/mol. The van der Waals surface area contributed by atoms with E-state index in [0.29, 0.717) is 0 Å². The molecular weight excluding hydrogens is 292 g/mol. The summed E-state index contributed by atoms with van der Waals surface area (Å²) in [6, 6.07) is 4.28. The minimum Gasteiger partial charge on any atom is -0.356 e. The average Bonchev–Trinajstić information content (AvgIpc) is 2.67. The van der Waals surface area contributed by atoms with E-state index in [0.717, 1.165) is 29.6 Å². The highest BCUT2D eigenvalue weighted by molar-refractivity contribution is 9.10. The topological polar surface area (TPSA) is 27.1 Å². The first-order valence-corrected chi connectivity index (χ1v) is 7.22. The van der Waals surface area contributed by atoms with Crippen molar-refractivity contribution in [2.45, 2.75) is 39.3 Å². The van der Waals surface area contributed by atoms with Gasteiger partial charge in [0.25, 0.3) is 0 Å². The molecule has 1 atom stereocenters. The van der Waals surface area contributed by atoms with Gasteiger partial charge >= 0.3 is 0 Å². The van der Waals surface area contributed by atoms with Crippen LogP contribution in [0.15, 0.2) is 16.6 Å². The Morgan fingerprint density at radius 3 is 2.89 bits per heavy atom. The van der Waals surface area contributed by atoms with Crippen LogP contribution in [0.3, 0.4) is 0 Å². The Balaban J connectivity index is 2.17. The van der Waals surface area contributed by atoms with Crippen LogP contribution < -0.4 is 0 Å². The third-order valence-electron chi connectivity index (χ3n) is 3.57. The number of rotatable bonds is 1. The van der Waals surface area contributed by atoms with Crippen LogP contribution in [0.1, 0.15) is 36.7 Å². The summed E-state index contributed by atoms with van der Waals surface area (Å²) in [5.41, 5.74) is 3.52. The fourth-order valence-corrected chi connectivity index (χ4v) is 3.34. The number of hydrogen-bond acceptors (Lipinski definition) is 2. The molecule has 0 radical (unpaired) electrons. The Bertz CT molecular complexity index is 585. The van der Waals surface area contributed by atoms with Crippen LogP contribution >= 0.6 is 15.9 Å². The summed E-state index contributed by atoms with van der Waals surface area (Å²) in [5.74, 6) is 0. The van der Waals surface area contributed by atoms with Crippen LogP contribution in [-0.2, 0) is 4.74 Å². The predicted molar refractivity (Wildman–Crippen MR) is 75.7 cm³/mol. The quantitative estimate of drug-likeness (QED) is 0.792. The molecule has 0 aliphatic carbocycles. The number of hydrogen-bond donors (Lipinski definition) is 0. The molecule has 3 rings (SSSR count). The molecule has 1 unspecified atom stereocenters. The maximum atomic E-state index is 5.85. The van der Waals surface area contributed by atoms with Crippen LogP contribution in [-0.4, -0.2) is 16.4 Å². The second kappa shape index (κ2) is 4.67. The van der Waals surface area contributed by atoms with Crippen molar-refractivity contribution in [2.24, 2.45) is 0 Å². The first kappa shape index (κ1) is 12.2. The second-order valence-electron chi connectivity index (χ2n) is 4.97. The molecule has 2 heterocycles. The molecule has 1 aliphatic rings. The summed E-state index contributed by atoms with van der Waals surface area (Å²) in [6.45, 7) is 5.05. The molecule has 1 aromatic heterocycles. The van der Waals surface area contributed by atoms with Gasteiger partial charge in [0.15, 0.2) is 6.23 Å². The Morgan fingerprint density at radius 2 is 2.17 bits per heavy atom. The summed E-state index contributed by atoms with van der Waals surface area (Å²) in [7, 11) is 0. The normalized spacial score (nSPS) is 20.5. The third kappa shape index (κ3) is 1.97. The number of aromatic nitrogens is 2. The van der Waals surface area contributed by atoms with Crippen molar-refractivity contribution in [3.8, 4) is 0 Å². The lowest BCUT2D eigenvalue weighted by Crippen LogP contribution is -2.19. The fraction of sp³-hybridized carbons (Fsp3) is 0.500. The van der Waals surface area contributed by atoms with Gasteiger partial charge in [-0.05, 0) is 50.8 Å². The molecule has 1 saturated heterocycles. The summed E-state index contributed by atoms with van der Waals surface area (Å²) >= 11 is 3.57. The highest BCUT2D eigenvalue weighted by atomic mass is 79.9. The van der Waals surface area contributed by atoms with E-state index >= 15 is 0 Å².